The summed E-state index contributed by atoms with van der Waals surface area (Å²) in [4.78, 5) is 25.8. The summed E-state index contributed by atoms with van der Waals surface area (Å²) in [5, 5.41) is 8.53. The predicted octanol–water partition coefficient (Wildman–Crippen LogP) is 2.31. The highest BCUT2D eigenvalue weighted by atomic mass is 16.2. The van der Waals surface area contributed by atoms with E-state index in [1.54, 1.807) is 6.07 Å². The Morgan fingerprint density at radius 3 is 2.28 bits per heavy atom. The number of hydrogen-bond acceptors (Lipinski definition) is 4. The molecule has 0 radical (unpaired) electrons. The summed E-state index contributed by atoms with van der Waals surface area (Å²) in [6.45, 7) is 1.15. The fourth-order valence-electron chi connectivity index (χ4n) is 2.31. The second kappa shape index (κ2) is 9.32. The van der Waals surface area contributed by atoms with Crippen LogP contribution in [0.2, 0.25) is 0 Å². The third-order valence-electron chi connectivity index (χ3n) is 3.58. The van der Waals surface area contributed by atoms with Crippen molar-refractivity contribution in [2.24, 2.45) is 0 Å². The lowest BCUT2D eigenvalue weighted by Gasteiger charge is -2.17. The Bertz CT molecular complexity index is 702. The van der Waals surface area contributed by atoms with Crippen LogP contribution in [0.5, 0.6) is 0 Å². The van der Waals surface area contributed by atoms with E-state index in [4.69, 9.17) is 0 Å². The van der Waals surface area contributed by atoms with Crippen molar-refractivity contribution in [1.82, 2.24) is 5.32 Å². The van der Waals surface area contributed by atoms with Gasteiger partial charge in [-0.15, -0.1) is 0 Å². The molecule has 3 N–H and O–H groups in total. The molecule has 0 fully saturated rings. The lowest BCUT2D eigenvalue weighted by Crippen LogP contribution is -2.36. The molecule has 0 aliphatic carbocycles. The summed E-state index contributed by atoms with van der Waals surface area (Å²) in [6.07, 6.45) is 0.724. The highest BCUT2D eigenvalue weighted by molar-refractivity contribution is 6.39. The van der Waals surface area contributed by atoms with Gasteiger partial charge < -0.3 is 20.9 Å². The molecule has 132 valence electrons. The maximum absolute atomic E-state index is 12.0. The van der Waals surface area contributed by atoms with Crippen molar-refractivity contribution in [2.75, 3.05) is 42.7 Å². The standard InChI is InChI=1S/C19H24N4O2/c1-23(2)17-12-7-6-11-16(17)22-19(25)18(24)21-14-8-13-20-15-9-4-3-5-10-15/h3-7,9-12,20H,8,13-14H2,1-2H3,(H,21,24)(H,22,25). The van der Waals surface area contributed by atoms with Gasteiger partial charge in [0, 0.05) is 32.9 Å². The van der Waals surface area contributed by atoms with E-state index in [1.165, 1.54) is 0 Å². The monoisotopic (exact) mass is 340 g/mol. The Hall–Kier alpha value is -3.02. The lowest BCUT2D eigenvalue weighted by molar-refractivity contribution is -0.136. The maximum Gasteiger partial charge on any atom is 0.313 e. The van der Waals surface area contributed by atoms with Gasteiger partial charge in [0.05, 0.1) is 11.4 Å². The molecule has 0 aliphatic rings. The smallest absolute Gasteiger partial charge is 0.313 e. The number of hydrogen-bond donors (Lipinski definition) is 3. The van der Waals surface area contributed by atoms with Gasteiger partial charge in [-0.05, 0) is 30.7 Å². The number of para-hydroxylation sites is 3. The summed E-state index contributed by atoms with van der Waals surface area (Å²) < 4.78 is 0. The van der Waals surface area contributed by atoms with Crippen molar-refractivity contribution in [3.63, 3.8) is 0 Å². The summed E-state index contributed by atoms with van der Waals surface area (Å²) in [6, 6.07) is 17.2. The third-order valence-corrected chi connectivity index (χ3v) is 3.58. The first-order valence-electron chi connectivity index (χ1n) is 8.22. The van der Waals surface area contributed by atoms with Gasteiger partial charge in [-0.1, -0.05) is 30.3 Å². The molecule has 6 nitrogen and oxygen atoms in total. The summed E-state index contributed by atoms with van der Waals surface area (Å²) in [5.41, 5.74) is 2.49. The van der Waals surface area contributed by atoms with Crippen molar-refractivity contribution in [3.8, 4) is 0 Å². The Morgan fingerprint density at radius 1 is 0.880 bits per heavy atom. The molecule has 2 aromatic carbocycles. The van der Waals surface area contributed by atoms with Gasteiger partial charge >= 0.3 is 11.8 Å². The minimum Gasteiger partial charge on any atom is -0.385 e. The molecule has 6 heteroatoms. The molecule has 0 atom stereocenters. The van der Waals surface area contributed by atoms with Crippen LogP contribution in [0.25, 0.3) is 0 Å². The minimum absolute atomic E-state index is 0.432. The predicted molar refractivity (Wildman–Crippen MR) is 102 cm³/mol. The molecule has 0 saturated heterocycles. The molecule has 0 aliphatic heterocycles. The van der Waals surface area contributed by atoms with E-state index in [9.17, 15) is 9.59 Å². The molecule has 0 aromatic heterocycles. The summed E-state index contributed by atoms with van der Waals surface area (Å²) >= 11 is 0. The Balaban J connectivity index is 1.73. The number of amides is 2. The van der Waals surface area contributed by atoms with Crippen LogP contribution in [0, 0.1) is 0 Å². The van der Waals surface area contributed by atoms with Crippen LogP contribution < -0.4 is 20.9 Å². The van der Waals surface area contributed by atoms with Gasteiger partial charge in [-0.2, -0.15) is 0 Å². The molecule has 2 aromatic rings. The number of carbonyl (C=O) groups excluding carboxylic acids is 2. The average Bonchev–Trinajstić information content (AvgIpc) is 2.62. The minimum atomic E-state index is -0.662. The zero-order valence-electron chi connectivity index (χ0n) is 14.6. The van der Waals surface area contributed by atoms with Gasteiger partial charge in [0.1, 0.15) is 0 Å². The van der Waals surface area contributed by atoms with Crippen LogP contribution in [0.4, 0.5) is 17.1 Å². The van der Waals surface area contributed by atoms with Gasteiger partial charge in [0.2, 0.25) is 0 Å². The molecule has 2 rings (SSSR count). The topological polar surface area (TPSA) is 73.5 Å². The lowest BCUT2D eigenvalue weighted by atomic mass is 10.2. The van der Waals surface area contributed by atoms with Crippen molar-refractivity contribution >= 4 is 28.9 Å². The zero-order valence-corrected chi connectivity index (χ0v) is 14.6. The molecule has 0 heterocycles. The van der Waals surface area contributed by atoms with E-state index >= 15 is 0 Å². The number of carbonyl (C=O) groups is 2. The second-order valence-electron chi connectivity index (χ2n) is 5.77. The number of nitrogens with one attached hydrogen (secondary N) is 3. The average molecular weight is 340 g/mol. The van der Waals surface area contributed by atoms with Gasteiger partial charge in [-0.3, -0.25) is 9.59 Å². The fourth-order valence-corrected chi connectivity index (χ4v) is 2.31. The summed E-state index contributed by atoms with van der Waals surface area (Å²) in [7, 11) is 3.76. The van der Waals surface area contributed by atoms with E-state index in [2.05, 4.69) is 16.0 Å². The van der Waals surface area contributed by atoms with E-state index in [-0.39, 0.29) is 0 Å². The highest BCUT2D eigenvalue weighted by Crippen LogP contribution is 2.23. The van der Waals surface area contributed by atoms with Gasteiger partial charge in [0.25, 0.3) is 0 Å². The quantitative estimate of drug-likeness (QED) is 0.534. The Morgan fingerprint density at radius 2 is 1.56 bits per heavy atom. The molecular weight excluding hydrogens is 316 g/mol. The summed E-state index contributed by atoms with van der Waals surface area (Å²) in [5.74, 6) is -1.29. The molecular formula is C19H24N4O2. The first kappa shape index (κ1) is 18.3. The molecule has 0 saturated carbocycles. The molecule has 2 amide bonds. The molecule has 0 spiro atoms. The van der Waals surface area contributed by atoms with E-state index in [0.29, 0.717) is 12.2 Å². The van der Waals surface area contributed by atoms with Gasteiger partial charge in [0.15, 0.2) is 0 Å². The van der Waals surface area contributed by atoms with Crippen LogP contribution in [0.15, 0.2) is 54.6 Å². The molecule has 0 bridgehead atoms. The number of anilines is 3. The maximum atomic E-state index is 12.0. The van der Waals surface area contributed by atoms with E-state index in [1.807, 2.05) is 67.5 Å². The van der Waals surface area contributed by atoms with Crippen LogP contribution in [-0.4, -0.2) is 39.0 Å². The molecule has 0 unspecified atom stereocenters. The van der Waals surface area contributed by atoms with Crippen LogP contribution in [0.3, 0.4) is 0 Å². The molecule has 25 heavy (non-hydrogen) atoms. The van der Waals surface area contributed by atoms with E-state index < -0.39 is 11.8 Å². The van der Waals surface area contributed by atoms with E-state index in [0.717, 1.165) is 24.3 Å². The van der Waals surface area contributed by atoms with Crippen LogP contribution in [-0.2, 0) is 9.59 Å². The number of benzene rings is 2. The normalized spacial score (nSPS) is 10.0. The Kier molecular flexibility index (Phi) is 6.83. The largest absolute Gasteiger partial charge is 0.385 e. The van der Waals surface area contributed by atoms with Crippen molar-refractivity contribution in [1.29, 1.82) is 0 Å². The fraction of sp³-hybridized carbons (Fsp3) is 0.263. The first-order chi connectivity index (χ1) is 12.1. The zero-order chi connectivity index (χ0) is 18.1. The first-order valence-corrected chi connectivity index (χ1v) is 8.22. The van der Waals surface area contributed by atoms with Gasteiger partial charge in [-0.25, -0.2) is 0 Å². The third kappa shape index (κ3) is 5.84. The number of nitrogens with zero attached hydrogens (tertiary/aromatic N) is 1. The van der Waals surface area contributed by atoms with Crippen molar-refractivity contribution < 1.29 is 9.59 Å². The van der Waals surface area contributed by atoms with Crippen LogP contribution in [0.1, 0.15) is 6.42 Å². The van der Waals surface area contributed by atoms with Crippen molar-refractivity contribution in [3.05, 3.63) is 54.6 Å². The Labute approximate surface area is 148 Å². The van der Waals surface area contributed by atoms with Crippen LogP contribution >= 0.6 is 0 Å². The number of rotatable bonds is 7. The van der Waals surface area contributed by atoms with Crippen molar-refractivity contribution in [2.45, 2.75) is 6.42 Å². The SMILES string of the molecule is CN(C)c1ccccc1NC(=O)C(=O)NCCCNc1ccccc1. The highest BCUT2D eigenvalue weighted by Gasteiger charge is 2.15. The second-order valence-corrected chi connectivity index (χ2v) is 5.77.